The molecule has 5 heteroatoms. The van der Waals surface area contributed by atoms with Crippen LogP contribution in [0, 0.1) is 0 Å². The molecular formula is C12H17N5. The molecule has 0 saturated heterocycles. The van der Waals surface area contributed by atoms with Gasteiger partial charge in [0.1, 0.15) is 11.3 Å². The van der Waals surface area contributed by atoms with Gasteiger partial charge in [-0.3, -0.25) is 0 Å². The van der Waals surface area contributed by atoms with Gasteiger partial charge in [-0.2, -0.15) is 0 Å². The van der Waals surface area contributed by atoms with E-state index in [1.54, 1.807) is 12.4 Å². The van der Waals surface area contributed by atoms with Crippen LogP contribution >= 0.6 is 0 Å². The Hall–Kier alpha value is -1.78. The molecule has 0 aliphatic heterocycles. The predicted molar refractivity (Wildman–Crippen MR) is 68.0 cm³/mol. The van der Waals surface area contributed by atoms with Crippen molar-refractivity contribution in [1.29, 1.82) is 0 Å². The fourth-order valence-corrected chi connectivity index (χ4v) is 1.51. The lowest BCUT2D eigenvalue weighted by molar-refractivity contribution is 0.775. The van der Waals surface area contributed by atoms with Crippen molar-refractivity contribution in [2.45, 2.75) is 39.7 Å². The van der Waals surface area contributed by atoms with Crippen molar-refractivity contribution in [1.82, 2.24) is 19.9 Å². The minimum absolute atomic E-state index is 0.272. The maximum absolute atomic E-state index is 4.52. The summed E-state index contributed by atoms with van der Waals surface area (Å²) >= 11 is 0. The Bertz CT molecular complexity index is 521. The van der Waals surface area contributed by atoms with Crippen molar-refractivity contribution in [2.75, 3.05) is 5.32 Å². The number of nitrogens with one attached hydrogen (secondary N) is 1. The van der Waals surface area contributed by atoms with Crippen LogP contribution in [0.4, 0.5) is 5.82 Å². The number of hydrogen-bond acceptors (Lipinski definition) is 5. The highest BCUT2D eigenvalue weighted by Crippen LogP contribution is 2.20. The molecule has 0 atom stereocenters. The third-order valence-electron chi connectivity index (χ3n) is 2.29. The highest BCUT2D eigenvalue weighted by atomic mass is 15.1. The molecule has 2 heterocycles. The number of aromatic nitrogens is 4. The zero-order chi connectivity index (χ0) is 12.4. The van der Waals surface area contributed by atoms with E-state index in [9.17, 15) is 0 Å². The average Bonchev–Trinajstić information content (AvgIpc) is 2.28. The fourth-order valence-electron chi connectivity index (χ4n) is 1.51. The first-order valence-corrected chi connectivity index (χ1v) is 5.83. The molecule has 0 amide bonds. The van der Waals surface area contributed by atoms with E-state index >= 15 is 0 Å². The summed E-state index contributed by atoms with van der Waals surface area (Å²) in [6, 6.07) is 0.301. The number of rotatable bonds is 3. The maximum atomic E-state index is 4.52. The number of nitrogens with zero attached hydrogens (tertiary/aromatic N) is 4. The van der Waals surface area contributed by atoms with Gasteiger partial charge in [-0.25, -0.2) is 19.9 Å². The Morgan fingerprint density at radius 1 is 1.00 bits per heavy atom. The van der Waals surface area contributed by atoms with Gasteiger partial charge in [-0.05, 0) is 13.8 Å². The molecule has 2 rings (SSSR count). The second kappa shape index (κ2) is 4.61. The molecule has 0 fully saturated rings. The summed E-state index contributed by atoms with van der Waals surface area (Å²) in [5.41, 5.74) is 1.37. The lowest BCUT2D eigenvalue weighted by atomic mass is 10.2. The van der Waals surface area contributed by atoms with E-state index in [1.807, 2.05) is 0 Å². The smallest absolute Gasteiger partial charge is 0.183 e. The van der Waals surface area contributed by atoms with Gasteiger partial charge in [0.25, 0.3) is 0 Å². The van der Waals surface area contributed by atoms with Crippen LogP contribution in [0.15, 0.2) is 12.4 Å². The topological polar surface area (TPSA) is 63.6 Å². The van der Waals surface area contributed by atoms with Crippen LogP contribution in [0.3, 0.4) is 0 Å². The summed E-state index contributed by atoms with van der Waals surface area (Å²) < 4.78 is 0. The van der Waals surface area contributed by atoms with Crippen LogP contribution in [0.5, 0.6) is 0 Å². The largest absolute Gasteiger partial charge is 0.366 e. The third kappa shape index (κ3) is 2.49. The van der Waals surface area contributed by atoms with E-state index < -0.39 is 0 Å². The summed E-state index contributed by atoms with van der Waals surface area (Å²) in [6.07, 6.45) is 3.31. The minimum atomic E-state index is 0.272. The molecule has 90 valence electrons. The molecular weight excluding hydrogens is 214 g/mol. The van der Waals surface area contributed by atoms with Gasteiger partial charge in [0.05, 0.1) is 0 Å². The van der Waals surface area contributed by atoms with E-state index in [4.69, 9.17) is 0 Å². The van der Waals surface area contributed by atoms with Gasteiger partial charge >= 0.3 is 0 Å². The van der Waals surface area contributed by atoms with Crippen molar-refractivity contribution < 1.29 is 0 Å². The van der Waals surface area contributed by atoms with Crippen LogP contribution in [0.25, 0.3) is 11.2 Å². The fraction of sp³-hybridized carbons (Fsp3) is 0.500. The molecule has 2 aromatic heterocycles. The van der Waals surface area contributed by atoms with Crippen molar-refractivity contribution in [3.63, 3.8) is 0 Å². The molecule has 0 bridgehead atoms. The predicted octanol–water partition coefficient (Wildman–Crippen LogP) is 2.36. The first-order valence-electron chi connectivity index (χ1n) is 5.83. The third-order valence-corrected chi connectivity index (χ3v) is 2.29. The van der Waals surface area contributed by atoms with Gasteiger partial charge in [-0.1, -0.05) is 13.8 Å². The molecule has 0 saturated carbocycles. The second-order valence-corrected chi connectivity index (χ2v) is 4.61. The van der Waals surface area contributed by atoms with Crippen LogP contribution in [-0.4, -0.2) is 26.0 Å². The molecule has 1 N–H and O–H groups in total. The summed E-state index contributed by atoms with van der Waals surface area (Å²) in [5.74, 6) is 1.83. The zero-order valence-electron chi connectivity index (χ0n) is 10.6. The molecule has 0 spiro atoms. The molecule has 0 aromatic carbocycles. The number of hydrogen-bond donors (Lipinski definition) is 1. The van der Waals surface area contributed by atoms with E-state index in [1.165, 1.54) is 0 Å². The molecule has 0 aliphatic rings. The molecule has 0 unspecified atom stereocenters. The van der Waals surface area contributed by atoms with Crippen molar-refractivity contribution in [3.8, 4) is 0 Å². The van der Waals surface area contributed by atoms with E-state index in [-0.39, 0.29) is 5.92 Å². The molecule has 0 aliphatic carbocycles. The Labute approximate surface area is 101 Å². The zero-order valence-corrected chi connectivity index (χ0v) is 10.6. The van der Waals surface area contributed by atoms with Crippen molar-refractivity contribution in [3.05, 3.63) is 18.2 Å². The molecule has 17 heavy (non-hydrogen) atoms. The van der Waals surface area contributed by atoms with Gasteiger partial charge in [0, 0.05) is 24.4 Å². The first kappa shape index (κ1) is 11.7. The number of anilines is 1. The Kier molecular flexibility index (Phi) is 3.17. The standard InChI is InChI=1S/C12H17N5/c1-7(2)10-16-11-9(13-5-6-14-11)12(17-10)15-8(3)4/h5-8H,1-4H3,(H,14,15,16,17). The molecule has 0 radical (unpaired) electrons. The first-order chi connectivity index (χ1) is 8.08. The van der Waals surface area contributed by atoms with Crippen LogP contribution < -0.4 is 5.32 Å². The summed E-state index contributed by atoms with van der Waals surface area (Å²) in [6.45, 7) is 8.27. The molecule has 5 nitrogen and oxygen atoms in total. The van der Waals surface area contributed by atoms with Gasteiger partial charge < -0.3 is 5.32 Å². The Balaban J connectivity index is 2.60. The van der Waals surface area contributed by atoms with Crippen LogP contribution in [-0.2, 0) is 0 Å². The van der Waals surface area contributed by atoms with E-state index in [0.717, 1.165) is 17.2 Å². The van der Waals surface area contributed by atoms with E-state index in [2.05, 4.69) is 52.9 Å². The van der Waals surface area contributed by atoms with Gasteiger partial charge in [-0.15, -0.1) is 0 Å². The highest BCUT2D eigenvalue weighted by Gasteiger charge is 2.12. The SMILES string of the molecule is CC(C)Nc1nc(C(C)C)nc2nccnc12. The average molecular weight is 231 g/mol. The second-order valence-electron chi connectivity index (χ2n) is 4.61. The van der Waals surface area contributed by atoms with E-state index in [0.29, 0.717) is 11.7 Å². The van der Waals surface area contributed by atoms with Crippen LogP contribution in [0.1, 0.15) is 39.4 Å². The van der Waals surface area contributed by atoms with Gasteiger partial charge in [0.2, 0.25) is 0 Å². The minimum Gasteiger partial charge on any atom is -0.366 e. The Morgan fingerprint density at radius 2 is 1.71 bits per heavy atom. The van der Waals surface area contributed by atoms with Crippen molar-refractivity contribution in [2.24, 2.45) is 0 Å². The monoisotopic (exact) mass is 231 g/mol. The lowest BCUT2D eigenvalue weighted by Gasteiger charge is -2.13. The lowest BCUT2D eigenvalue weighted by Crippen LogP contribution is -2.14. The highest BCUT2D eigenvalue weighted by molar-refractivity contribution is 5.81. The number of fused-ring (bicyclic) bond motifs is 1. The maximum Gasteiger partial charge on any atom is 0.183 e. The summed E-state index contributed by atoms with van der Waals surface area (Å²) in [7, 11) is 0. The normalized spacial score (nSPS) is 11.4. The quantitative estimate of drug-likeness (QED) is 0.878. The molecule has 2 aromatic rings. The Morgan fingerprint density at radius 3 is 2.35 bits per heavy atom. The van der Waals surface area contributed by atoms with Gasteiger partial charge in [0.15, 0.2) is 11.5 Å². The summed E-state index contributed by atoms with van der Waals surface area (Å²) in [5, 5.41) is 3.29. The van der Waals surface area contributed by atoms with Crippen LogP contribution in [0.2, 0.25) is 0 Å². The van der Waals surface area contributed by atoms with Crippen molar-refractivity contribution >= 4 is 17.0 Å². The summed E-state index contributed by atoms with van der Waals surface area (Å²) in [4.78, 5) is 17.5.